The van der Waals surface area contributed by atoms with Crippen molar-refractivity contribution in [2.24, 2.45) is 0 Å². The SMILES string of the molecule is COc1ccsc1S(=O)(=O)Nc1cc(-c2ccccc2)on1. The summed E-state index contributed by atoms with van der Waals surface area (Å²) in [5.41, 5.74) is 0.814. The zero-order chi connectivity index (χ0) is 15.6. The molecule has 2 aromatic heterocycles. The third-order valence-corrected chi connectivity index (χ3v) is 5.67. The van der Waals surface area contributed by atoms with Crippen molar-refractivity contribution in [3.63, 3.8) is 0 Å². The first-order valence-corrected chi connectivity index (χ1v) is 8.63. The summed E-state index contributed by atoms with van der Waals surface area (Å²) in [5.74, 6) is 0.898. The van der Waals surface area contributed by atoms with Crippen LogP contribution in [-0.4, -0.2) is 20.7 Å². The highest BCUT2D eigenvalue weighted by Crippen LogP contribution is 2.31. The Balaban J connectivity index is 1.86. The minimum atomic E-state index is -3.76. The molecule has 2 heterocycles. The van der Waals surface area contributed by atoms with Gasteiger partial charge >= 0.3 is 0 Å². The van der Waals surface area contributed by atoms with E-state index in [-0.39, 0.29) is 10.0 Å². The number of methoxy groups -OCH3 is 1. The Kier molecular flexibility index (Phi) is 3.86. The molecule has 0 bridgehead atoms. The van der Waals surface area contributed by atoms with E-state index in [9.17, 15) is 8.42 Å². The normalized spacial score (nSPS) is 11.3. The molecule has 0 fully saturated rings. The van der Waals surface area contributed by atoms with Crippen molar-refractivity contribution in [3.05, 3.63) is 47.8 Å². The van der Waals surface area contributed by atoms with Gasteiger partial charge < -0.3 is 9.26 Å². The molecular formula is C14H12N2O4S2. The van der Waals surface area contributed by atoms with Crippen LogP contribution in [0.1, 0.15) is 0 Å². The quantitative estimate of drug-likeness (QED) is 0.774. The van der Waals surface area contributed by atoms with Crippen molar-refractivity contribution in [1.82, 2.24) is 5.16 Å². The molecule has 0 radical (unpaired) electrons. The van der Waals surface area contributed by atoms with Gasteiger partial charge in [-0.25, -0.2) is 8.42 Å². The molecule has 0 amide bonds. The molecule has 1 aromatic carbocycles. The van der Waals surface area contributed by atoms with Gasteiger partial charge in [0, 0.05) is 11.6 Å². The molecule has 0 aliphatic heterocycles. The average molecular weight is 336 g/mol. The molecule has 0 saturated heterocycles. The molecule has 0 aliphatic rings. The number of rotatable bonds is 5. The van der Waals surface area contributed by atoms with Crippen molar-refractivity contribution >= 4 is 27.2 Å². The third kappa shape index (κ3) is 2.83. The first-order chi connectivity index (χ1) is 10.6. The number of anilines is 1. The van der Waals surface area contributed by atoms with E-state index in [1.165, 1.54) is 13.2 Å². The minimum Gasteiger partial charge on any atom is -0.494 e. The molecule has 114 valence electrons. The summed E-state index contributed by atoms with van der Waals surface area (Å²) in [5, 5.41) is 5.39. The first kappa shape index (κ1) is 14.6. The number of thiophene rings is 1. The molecule has 0 aliphatic carbocycles. The summed E-state index contributed by atoms with van der Waals surface area (Å²) >= 11 is 1.07. The van der Waals surface area contributed by atoms with E-state index >= 15 is 0 Å². The Morgan fingerprint density at radius 2 is 2.00 bits per heavy atom. The molecule has 3 rings (SSSR count). The summed E-state index contributed by atoms with van der Waals surface area (Å²) in [6.45, 7) is 0. The van der Waals surface area contributed by atoms with Crippen LogP contribution in [0.2, 0.25) is 0 Å². The van der Waals surface area contributed by atoms with Crippen LogP contribution in [0.3, 0.4) is 0 Å². The van der Waals surface area contributed by atoms with Crippen LogP contribution in [0.25, 0.3) is 11.3 Å². The fraction of sp³-hybridized carbons (Fsp3) is 0.0714. The van der Waals surface area contributed by atoms with Crippen LogP contribution in [0.5, 0.6) is 5.75 Å². The second kappa shape index (κ2) is 5.82. The lowest BCUT2D eigenvalue weighted by Crippen LogP contribution is -2.12. The fourth-order valence-electron chi connectivity index (χ4n) is 1.88. The highest BCUT2D eigenvalue weighted by Gasteiger charge is 2.22. The van der Waals surface area contributed by atoms with Crippen LogP contribution in [0.4, 0.5) is 5.82 Å². The van der Waals surface area contributed by atoms with Crippen LogP contribution in [-0.2, 0) is 10.0 Å². The summed E-state index contributed by atoms with van der Waals surface area (Å²) in [4.78, 5) is 0. The van der Waals surface area contributed by atoms with E-state index in [2.05, 4.69) is 9.88 Å². The van der Waals surface area contributed by atoms with Crippen molar-refractivity contribution in [1.29, 1.82) is 0 Å². The van der Waals surface area contributed by atoms with E-state index in [1.54, 1.807) is 11.4 Å². The van der Waals surface area contributed by atoms with Gasteiger partial charge in [-0.1, -0.05) is 35.5 Å². The molecule has 0 spiro atoms. The van der Waals surface area contributed by atoms with Gasteiger partial charge in [0.15, 0.2) is 15.8 Å². The van der Waals surface area contributed by atoms with E-state index < -0.39 is 10.0 Å². The second-order valence-electron chi connectivity index (χ2n) is 4.32. The number of aromatic nitrogens is 1. The average Bonchev–Trinajstić information content (AvgIpc) is 3.16. The summed E-state index contributed by atoms with van der Waals surface area (Å²) in [6, 6.07) is 12.4. The van der Waals surface area contributed by atoms with Gasteiger partial charge in [-0.3, -0.25) is 4.72 Å². The van der Waals surface area contributed by atoms with Crippen LogP contribution >= 0.6 is 11.3 Å². The number of benzene rings is 1. The molecule has 0 unspecified atom stereocenters. The third-order valence-electron chi connectivity index (χ3n) is 2.87. The molecule has 0 saturated carbocycles. The zero-order valence-corrected chi connectivity index (χ0v) is 13.1. The Labute approximate surface area is 131 Å². The number of hydrogen-bond acceptors (Lipinski definition) is 6. The van der Waals surface area contributed by atoms with Crippen LogP contribution < -0.4 is 9.46 Å². The predicted octanol–water partition coefficient (Wildman–Crippen LogP) is 3.21. The van der Waals surface area contributed by atoms with E-state index in [0.717, 1.165) is 16.9 Å². The van der Waals surface area contributed by atoms with Crippen LogP contribution in [0.15, 0.2) is 56.6 Å². The van der Waals surface area contributed by atoms with E-state index in [4.69, 9.17) is 9.26 Å². The maximum Gasteiger partial charge on any atom is 0.276 e. The maximum absolute atomic E-state index is 12.3. The predicted molar refractivity (Wildman–Crippen MR) is 83.6 cm³/mol. The van der Waals surface area contributed by atoms with Crippen LogP contribution in [0, 0.1) is 0 Å². The fourth-order valence-corrected chi connectivity index (χ4v) is 4.14. The highest BCUT2D eigenvalue weighted by atomic mass is 32.2. The molecule has 3 aromatic rings. The smallest absolute Gasteiger partial charge is 0.276 e. The van der Waals surface area contributed by atoms with Crippen molar-refractivity contribution < 1.29 is 17.7 Å². The summed E-state index contributed by atoms with van der Waals surface area (Å²) in [6.07, 6.45) is 0. The monoisotopic (exact) mass is 336 g/mol. The van der Waals surface area contributed by atoms with Gasteiger partial charge in [0.25, 0.3) is 10.0 Å². The molecular weight excluding hydrogens is 324 g/mol. The van der Waals surface area contributed by atoms with Gasteiger partial charge in [-0.15, -0.1) is 11.3 Å². The Hall–Kier alpha value is -2.32. The number of nitrogens with one attached hydrogen (secondary N) is 1. The Morgan fingerprint density at radius 1 is 1.23 bits per heavy atom. The molecule has 1 N–H and O–H groups in total. The van der Waals surface area contributed by atoms with Crippen molar-refractivity contribution in [3.8, 4) is 17.1 Å². The molecule has 0 atom stereocenters. The van der Waals surface area contributed by atoms with E-state index in [1.807, 2.05) is 30.3 Å². The topological polar surface area (TPSA) is 81.4 Å². The van der Waals surface area contributed by atoms with E-state index in [0.29, 0.717) is 11.5 Å². The van der Waals surface area contributed by atoms with Gasteiger partial charge in [-0.2, -0.15) is 0 Å². The lowest BCUT2D eigenvalue weighted by atomic mass is 10.2. The highest BCUT2D eigenvalue weighted by molar-refractivity contribution is 7.94. The largest absolute Gasteiger partial charge is 0.494 e. The number of ether oxygens (including phenoxy) is 1. The van der Waals surface area contributed by atoms with Crippen molar-refractivity contribution in [2.45, 2.75) is 4.21 Å². The zero-order valence-electron chi connectivity index (χ0n) is 11.5. The standard InChI is InChI=1S/C14H12N2O4S2/c1-19-11-7-8-21-14(11)22(17,18)16-13-9-12(20-15-13)10-5-3-2-4-6-10/h2-9H,1H3,(H,15,16). The lowest BCUT2D eigenvalue weighted by Gasteiger charge is -2.04. The molecule has 6 nitrogen and oxygen atoms in total. The first-order valence-electron chi connectivity index (χ1n) is 6.26. The number of nitrogens with zero attached hydrogens (tertiary/aromatic N) is 1. The molecule has 22 heavy (non-hydrogen) atoms. The number of hydrogen-bond donors (Lipinski definition) is 1. The Morgan fingerprint density at radius 3 is 2.73 bits per heavy atom. The van der Waals surface area contributed by atoms with Gasteiger partial charge in [0.1, 0.15) is 5.75 Å². The second-order valence-corrected chi connectivity index (χ2v) is 7.12. The minimum absolute atomic E-state index is 0.0965. The number of sulfonamides is 1. The summed E-state index contributed by atoms with van der Waals surface area (Å²) in [7, 11) is -2.34. The Bertz CT molecular complexity index is 869. The maximum atomic E-state index is 12.3. The van der Waals surface area contributed by atoms with Gasteiger partial charge in [-0.05, 0) is 11.4 Å². The van der Waals surface area contributed by atoms with Gasteiger partial charge in [0.2, 0.25) is 0 Å². The summed E-state index contributed by atoms with van der Waals surface area (Å²) < 4.78 is 37.3. The lowest BCUT2D eigenvalue weighted by molar-refractivity contribution is 0.406. The van der Waals surface area contributed by atoms with Gasteiger partial charge in [0.05, 0.1) is 7.11 Å². The van der Waals surface area contributed by atoms with Crippen molar-refractivity contribution in [2.75, 3.05) is 11.8 Å². The molecule has 8 heteroatoms.